The van der Waals surface area contributed by atoms with E-state index < -0.39 is 0 Å². The predicted molar refractivity (Wildman–Crippen MR) is 107 cm³/mol. The summed E-state index contributed by atoms with van der Waals surface area (Å²) in [6, 6.07) is 9.55. The van der Waals surface area contributed by atoms with Gasteiger partial charge in [0, 0.05) is 21.3 Å². The number of benzene rings is 1. The van der Waals surface area contributed by atoms with Gasteiger partial charge in [-0.2, -0.15) is 0 Å². The maximum atomic E-state index is 12.4. The Labute approximate surface area is 163 Å². The van der Waals surface area contributed by atoms with Crippen LogP contribution >= 0.6 is 38.6 Å². The van der Waals surface area contributed by atoms with E-state index in [9.17, 15) is 4.79 Å². The molecule has 0 radical (unpaired) electrons. The van der Waals surface area contributed by atoms with Crippen molar-refractivity contribution in [2.75, 3.05) is 13.7 Å². The fraction of sp³-hybridized carbons (Fsp3) is 0.222. The lowest BCUT2D eigenvalue weighted by atomic mass is 10.2. The Bertz CT molecular complexity index is 889. The molecule has 130 valence electrons. The Kier molecular flexibility index (Phi) is 5.88. The lowest BCUT2D eigenvalue weighted by molar-refractivity contribution is 0.0953. The molecule has 1 amide bonds. The Balaban J connectivity index is 1.58. The summed E-state index contributed by atoms with van der Waals surface area (Å²) < 4.78 is 5.93. The number of amides is 1. The molecule has 2 aromatic heterocycles. The van der Waals surface area contributed by atoms with E-state index in [4.69, 9.17) is 4.74 Å². The zero-order chi connectivity index (χ0) is 17.8. The number of hydrogen-bond donors (Lipinski definition) is 1. The molecule has 1 N–H and O–H groups in total. The highest BCUT2D eigenvalue weighted by Crippen LogP contribution is 2.29. The molecule has 0 saturated heterocycles. The zero-order valence-electron chi connectivity index (χ0n) is 13.8. The highest BCUT2D eigenvalue weighted by Gasteiger charge is 2.11. The SMILES string of the molecule is COc1ccc(Br)c(C(=O)NCCc2ccc(-c3csc(C)n3)s2)c1. The molecule has 0 aliphatic carbocycles. The maximum absolute atomic E-state index is 12.4. The van der Waals surface area contributed by atoms with Crippen molar-refractivity contribution < 1.29 is 9.53 Å². The third kappa shape index (κ3) is 4.48. The van der Waals surface area contributed by atoms with Crippen molar-refractivity contribution >= 4 is 44.5 Å². The summed E-state index contributed by atoms with van der Waals surface area (Å²) in [5, 5.41) is 6.11. The monoisotopic (exact) mass is 436 g/mol. The van der Waals surface area contributed by atoms with Crippen LogP contribution in [0.4, 0.5) is 0 Å². The number of nitrogens with one attached hydrogen (secondary N) is 1. The second kappa shape index (κ2) is 8.12. The molecule has 2 heterocycles. The highest BCUT2D eigenvalue weighted by atomic mass is 79.9. The van der Waals surface area contributed by atoms with E-state index in [2.05, 4.69) is 43.7 Å². The standard InChI is InChI=1S/C18H17BrN2O2S2/c1-11-21-16(10-24-11)17-6-4-13(25-17)7-8-20-18(22)14-9-12(23-2)3-5-15(14)19/h3-6,9-10H,7-8H2,1-2H3,(H,20,22). The first-order valence-electron chi connectivity index (χ1n) is 7.70. The van der Waals surface area contributed by atoms with Crippen molar-refractivity contribution in [3.05, 3.63) is 55.6 Å². The molecule has 0 aliphatic heterocycles. The molecule has 0 unspecified atom stereocenters. The number of methoxy groups -OCH3 is 1. The number of rotatable bonds is 6. The van der Waals surface area contributed by atoms with Crippen LogP contribution in [0.15, 0.2) is 40.2 Å². The smallest absolute Gasteiger partial charge is 0.252 e. The van der Waals surface area contributed by atoms with Gasteiger partial charge in [-0.15, -0.1) is 22.7 Å². The van der Waals surface area contributed by atoms with Gasteiger partial charge in [0.25, 0.3) is 5.91 Å². The quantitative estimate of drug-likeness (QED) is 0.596. The number of hydrogen-bond acceptors (Lipinski definition) is 5. The van der Waals surface area contributed by atoms with Crippen LogP contribution < -0.4 is 10.1 Å². The second-order valence-corrected chi connectivity index (χ2v) is 8.45. The van der Waals surface area contributed by atoms with E-state index >= 15 is 0 Å². The topological polar surface area (TPSA) is 51.2 Å². The summed E-state index contributed by atoms with van der Waals surface area (Å²) in [5.74, 6) is 0.549. The van der Waals surface area contributed by atoms with Gasteiger partial charge in [-0.3, -0.25) is 4.79 Å². The molecule has 1 aromatic carbocycles. The molecule has 0 fully saturated rings. The average molecular weight is 437 g/mol. The largest absolute Gasteiger partial charge is 0.497 e. The average Bonchev–Trinajstić information content (AvgIpc) is 3.24. The van der Waals surface area contributed by atoms with E-state index in [-0.39, 0.29) is 5.91 Å². The van der Waals surface area contributed by atoms with Crippen molar-refractivity contribution in [3.8, 4) is 16.3 Å². The molecule has 0 aliphatic rings. The molecule has 0 spiro atoms. The van der Waals surface area contributed by atoms with Crippen molar-refractivity contribution in [2.45, 2.75) is 13.3 Å². The van der Waals surface area contributed by atoms with Gasteiger partial charge in [0.05, 0.1) is 28.3 Å². The maximum Gasteiger partial charge on any atom is 0.252 e. The molecular formula is C18H17BrN2O2S2. The number of halogens is 1. The van der Waals surface area contributed by atoms with Crippen LogP contribution in [0.2, 0.25) is 0 Å². The van der Waals surface area contributed by atoms with Crippen LogP contribution in [0.3, 0.4) is 0 Å². The molecule has 7 heteroatoms. The van der Waals surface area contributed by atoms with Crippen molar-refractivity contribution in [1.82, 2.24) is 10.3 Å². The molecule has 4 nitrogen and oxygen atoms in total. The van der Waals surface area contributed by atoms with Crippen LogP contribution in [0, 0.1) is 6.92 Å². The third-order valence-electron chi connectivity index (χ3n) is 3.61. The van der Waals surface area contributed by atoms with Crippen molar-refractivity contribution in [1.29, 1.82) is 0 Å². The number of thiophene rings is 1. The number of aryl methyl sites for hydroxylation is 1. The minimum Gasteiger partial charge on any atom is -0.497 e. The Morgan fingerprint density at radius 2 is 2.16 bits per heavy atom. The molecule has 3 aromatic rings. The van der Waals surface area contributed by atoms with Gasteiger partial charge in [0.1, 0.15) is 5.75 Å². The number of nitrogens with zero attached hydrogens (tertiary/aromatic N) is 1. The Hall–Kier alpha value is -1.70. The second-order valence-electron chi connectivity index (χ2n) is 5.37. The zero-order valence-corrected chi connectivity index (χ0v) is 17.1. The van der Waals surface area contributed by atoms with E-state index in [1.54, 1.807) is 35.8 Å². The van der Waals surface area contributed by atoms with Crippen molar-refractivity contribution in [3.63, 3.8) is 0 Å². The van der Waals surface area contributed by atoms with Crippen LogP contribution in [0.25, 0.3) is 10.6 Å². The Morgan fingerprint density at radius 1 is 1.32 bits per heavy atom. The van der Waals surface area contributed by atoms with Crippen LogP contribution in [-0.2, 0) is 6.42 Å². The Morgan fingerprint density at radius 3 is 2.88 bits per heavy atom. The first kappa shape index (κ1) is 18.1. The van der Waals surface area contributed by atoms with Gasteiger partial charge in [-0.25, -0.2) is 4.98 Å². The van der Waals surface area contributed by atoms with E-state index in [1.165, 1.54) is 9.75 Å². The molecule has 0 atom stereocenters. The number of thiazole rings is 1. The van der Waals surface area contributed by atoms with Gasteiger partial charge >= 0.3 is 0 Å². The third-order valence-corrected chi connectivity index (χ3v) is 6.24. The van der Waals surface area contributed by atoms with Crippen LogP contribution in [0.1, 0.15) is 20.2 Å². The highest BCUT2D eigenvalue weighted by molar-refractivity contribution is 9.10. The number of aromatic nitrogens is 1. The number of carbonyl (C=O) groups excluding carboxylic acids is 1. The number of carbonyl (C=O) groups is 1. The summed E-state index contributed by atoms with van der Waals surface area (Å²) in [7, 11) is 1.59. The minimum atomic E-state index is -0.113. The van der Waals surface area contributed by atoms with Gasteiger partial charge in [0.2, 0.25) is 0 Å². The molecule has 0 saturated carbocycles. The molecule has 25 heavy (non-hydrogen) atoms. The summed E-state index contributed by atoms with van der Waals surface area (Å²) in [6.45, 7) is 2.59. The minimum absolute atomic E-state index is 0.113. The van der Waals surface area contributed by atoms with E-state index in [0.717, 1.165) is 21.6 Å². The normalized spacial score (nSPS) is 10.7. The van der Waals surface area contributed by atoms with Crippen LogP contribution in [0.5, 0.6) is 5.75 Å². The van der Waals surface area contributed by atoms with E-state index in [0.29, 0.717) is 17.9 Å². The fourth-order valence-electron chi connectivity index (χ4n) is 2.33. The van der Waals surface area contributed by atoms with Gasteiger partial charge < -0.3 is 10.1 Å². The fourth-order valence-corrected chi connectivity index (χ4v) is 4.41. The summed E-state index contributed by atoms with van der Waals surface area (Å²) >= 11 is 6.78. The lowest BCUT2D eigenvalue weighted by Gasteiger charge is -2.08. The predicted octanol–water partition coefficient (Wildman–Crippen LogP) is 4.92. The summed E-state index contributed by atoms with van der Waals surface area (Å²) in [5.41, 5.74) is 1.60. The molecular weight excluding hydrogens is 420 g/mol. The lowest BCUT2D eigenvalue weighted by Crippen LogP contribution is -2.25. The summed E-state index contributed by atoms with van der Waals surface area (Å²) in [6.07, 6.45) is 0.793. The van der Waals surface area contributed by atoms with Crippen LogP contribution in [-0.4, -0.2) is 24.5 Å². The van der Waals surface area contributed by atoms with Gasteiger partial charge in [0.15, 0.2) is 0 Å². The first-order chi connectivity index (χ1) is 12.1. The summed E-state index contributed by atoms with van der Waals surface area (Å²) in [4.78, 5) is 19.3. The van der Waals surface area contributed by atoms with Gasteiger partial charge in [-0.1, -0.05) is 0 Å². The number of ether oxygens (including phenoxy) is 1. The van der Waals surface area contributed by atoms with Gasteiger partial charge in [-0.05, 0) is 59.6 Å². The molecule has 0 bridgehead atoms. The van der Waals surface area contributed by atoms with Crippen molar-refractivity contribution in [2.24, 2.45) is 0 Å². The first-order valence-corrected chi connectivity index (χ1v) is 10.2. The molecule has 3 rings (SSSR count). The van der Waals surface area contributed by atoms with E-state index in [1.807, 2.05) is 19.1 Å².